The van der Waals surface area contributed by atoms with E-state index in [2.05, 4.69) is 10.3 Å². The van der Waals surface area contributed by atoms with Crippen molar-refractivity contribution < 1.29 is 14.3 Å². The summed E-state index contributed by atoms with van der Waals surface area (Å²) in [6.45, 7) is 1.22. The minimum atomic E-state index is -0.139. The number of nitrogens with two attached hydrogens (primary N) is 1. The molecular formula is C19H24N4O3. The van der Waals surface area contributed by atoms with Gasteiger partial charge in [0.25, 0.3) is 0 Å². The van der Waals surface area contributed by atoms with E-state index >= 15 is 0 Å². The molecular weight excluding hydrogens is 332 g/mol. The molecule has 138 valence electrons. The van der Waals surface area contributed by atoms with Gasteiger partial charge < -0.3 is 25.4 Å². The van der Waals surface area contributed by atoms with Crippen molar-refractivity contribution in [2.24, 2.45) is 5.73 Å². The second kappa shape index (κ2) is 8.53. The van der Waals surface area contributed by atoms with Gasteiger partial charge in [-0.2, -0.15) is 0 Å². The average Bonchev–Trinajstić information content (AvgIpc) is 2.69. The Morgan fingerprint density at radius 2 is 2.08 bits per heavy atom. The van der Waals surface area contributed by atoms with Gasteiger partial charge >= 0.3 is 6.03 Å². The predicted molar refractivity (Wildman–Crippen MR) is 99.7 cm³/mol. The first-order chi connectivity index (χ1) is 12.7. The number of hydrogen-bond acceptors (Lipinski definition) is 5. The topological polar surface area (TPSA) is 89.7 Å². The van der Waals surface area contributed by atoms with Crippen LogP contribution in [0.3, 0.4) is 0 Å². The number of anilines is 1. The zero-order chi connectivity index (χ0) is 18.4. The Hall–Kier alpha value is -2.80. The summed E-state index contributed by atoms with van der Waals surface area (Å²) in [5.41, 5.74) is 6.40. The molecule has 26 heavy (non-hydrogen) atoms. The van der Waals surface area contributed by atoms with Crippen LogP contribution in [0.15, 0.2) is 42.6 Å². The van der Waals surface area contributed by atoms with E-state index in [-0.39, 0.29) is 12.1 Å². The molecule has 2 heterocycles. The van der Waals surface area contributed by atoms with Gasteiger partial charge in [-0.1, -0.05) is 12.1 Å². The van der Waals surface area contributed by atoms with Crippen LogP contribution in [0.25, 0.3) is 0 Å². The van der Waals surface area contributed by atoms with E-state index in [4.69, 9.17) is 15.2 Å². The SMILES string of the molecule is COc1ccccc1Oc1ccc(NC(=O)N2CCCC[C@H]2CN)cn1. The van der Waals surface area contributed by atoms with E-state index in [9.17, 15) is 4.79 Å². The van der Waals surface area contributed by atoms with Crippen molar-refractivity contribution in [3.05, 3.63) is 42.6 Å². The Bertz CT molecular complexity index is 736. The number of nitrogens with zero attached hydrogens (tertiary/aromatic N) is 2. The smallest absolute Gasteiger partial charge is 0.322 e. The number of nitrogens with one attached hydrogen (secondary N) is 1. The molecule has 3 N–H and O–H groups in total. The Labute approximate surface area is 153 Å². The van der Waals surface area contributed by atoms with Gasteiger partial charge in [0, 0.05) is 25.2 Å². The number of piperidine rings is 1. The fraction of sp³-hybridized carbons (Fsp3) is 0.368. The monoisotopic (exact) mass is 356 g/mol. The molecule has 2 amide bonds. The largest absolute Gasteiger partial charge is 0.493 e. The summed E-state index contributed by atoms with van der Waals surface area (Å²) in [5, 5.41) is 2.88. The van der Waals surface area contributed by atoms with E-state index in [1.165, 1.54) is 0 Å². The predicted octanol–water partition coefficient (Wildman–Crippen LogP) is 3.23. The molecule has 1 atom stereocenters. The number of carbonyl (C=O) groups excluding carboxylic acids is 1. The first kappa shape index (κ1) is 18.0. The summed E-state index contributed by atoms with van der Waals surface area (Å²) in [6, 6.07) is 10.8. The third kappa shape index (κ3) is 4.23. The normalized spacial score (nSPS) is 16.8. The molecule has 1 aliphatic rings. The molecule has 0 bridgehead atoms. The van der Waals surface area contributed by atoms with E-state index in [1.54, 1.807) is 31.5 Å². The lowest BCUT2D eigenvalue weighted by molar-refractivity contribution is 0.166. The molecule has 1 saturated heterocycles. The van der Waals surface area contributed by atoms with Crippen LogP contribution in [0.2, 0.25) is 0 Å². The van der Waals surface area contributed by atoms with Crippen LogP contribution in [0.4, 0.5) is 10.5 Å². The maximum Gasteiger partial charge on any atom is 0.322 e. The maximum absolute atomic E-state index is 12.5. The quantitative estimate of drug-likeness (QED) is 0.858. The van der Waals surface area contributed by atoms with Crippen LogP contribution in [-0.2, 0) is 0 Å². The summed E-state index contributed by atoms with van der Waals surface area (Å²) in [6.07, 6.45) is 4.65. The second-order valence-electron chi connectivity index (χ2n) is 6.15. The first-order valence-electron chi connectivity index (χ1n) is 8.76. The van der Waals surface area contributed by atoms with Crippen LogP contribution in [0, 0.1) is 0 Å². The van der Waals surface area contributed by atoms with Crippen molar-refractivity contribution in [1.82, 2.24) is 9.88 Å². The maximum atomic E-state index is 12.5. The van der Waals surface area contributed by atoms with Gasteiger partial charge in [-0.3, -0.25) is 0 Å². The van der Waals surface area contributed by atoms with Crippen LogP contribution in [-0.4, -0.2) is 42.2 Å². The lowest BCUT2D eigenvalue weighted by Crippen LogP contribution is -2.49. The van der Waals surface area contributed by atoms with Crippen molar-refractivity contribution in [2.45, 2.75) is 25.3 Å². The summed E-state index contributed by atoms with van der Waals surface area (Å²) in [4.78, 5) is 18.5. The van der Waals surface area contributed by atoms with Gasteiger partial charge in [0.05, 0.1) is 19.0 Å². The van der Waals surface area contributed by atoms with E-state index in [0.717, 1.165) is 25.8 Å². The number of carbonyl (C=O) groups is 1. The highest BCUT2D eigenvalue weighted by atomic mass is 16.5. The van der Waals surface area contributed by atoms with Gasteiger partial charge in [0.1, 0.15) is 0 Å². The third-order valence-corrected chi connectivity index (χ3v) is 4.43. The van der Waals surface area contributed by atoms with E-state index in [1.807, 2.05) is 23.1 Å². The van der Waals surface area contributed by atoms with Crippen molar-refractivity contribution in [1.29, 1.82) is 0 Å². The molecule has 1 fully saturated rings. The van der Waals surface area contributed by atoms with Crippen molar-refractivity contribution in [3.63, 3.8) is 0 Å². The number of rotatable bonds is 5. The van der Waals surface area contributed by atoms with Gasteiger partial charge in [0.15, 0.2) is 11.5 Å². The highest BCUT2D eigenvalue weighted by molar-refractivity contribution is 5.89. The number of amides is 2. The molecule has 0 unspecified atom stereocenters. The Kier molecular flexibility index (Phi) is 5.91. The number of para-hydroxylation sites is 2. The van der Waals surface area contributed by atoms with Crippen LogP contribution in [0.1, 0.15) is 19.3 Å². The van der Waals surface area contributed by atoms with E-state index < -0.39 is 0 Å². The number of likely N-dealkylation sites (tertiary alicyclic amines) is 1. The Morgan fingerprint density at radius 1 is 1.27 bits per heavy atom. The van der Waals surface area contributed by atoms with Gasteiger partial charge in [-0.05, 0) is 37.5 Å². The molecule has 0 saturated carbocycles. The highest BCUT2D eigenvalue weighted by Crippen LogP contribution is 2.30. The fourth-order valence-corrected chi connectivity index (χ4v) is 3.04. The molecule has 0 radical (unpaired) electrons. The highest BCUT2D eigenvalue weighted by Gasteiger charge is 2.25. The minimum Gasteiger partial charge on any atom is -0.493 e. The van der Waals surface area contributed by atoms with Crippen LogP contribution in [0.5, 0.6) is 17.4 Å². The number of hydrogen-bond donors (Lipinski definition) is 2. The van der Waals surface area contributed by atoms with Crippen molar-refractivity contribution in [2.75, 3.05) is 25.5 Å². The van der Waals surface area contributed by atoms with E-state index in [0.29, 0.717) is 29.6 Å². The number of aromatic nitrogens is 1. The summed E-state index contributed by atoms with van der Waals surface area (Å²) in [5.74, 6) is 1.63. The molecule has 1 aromatic carbocycles. The number of pyridine rings is 1. The molecule has 1 aromatic heterocycles. The Morgan fingerprint density at radius 3 is 2.77 bits per heavy atom. The second-order valence-corrected chi connectivity index (χ2v) is 6.15. The molecule has 0 aliphatic carbocycles. The zero-order valence-corrected chi connectivity index (χ0v) is 14.9. The molecule has 2 aromatic rings. The first-order valence-corrected chi connectivity index (χ1v) is 8.76. The van der Waals surface area contributed by atoms with Crippen LogP contribution >= 0.6 is 0 Å². The summed E-state index contributed by atoms with van der Waals surface area (Å²) < 4.78 is 11.0. The zero-order valence-electron chi connectivity index (χ0n) is 14.9. The molecule has 7 nitrogen and oxygen atoms in total. The summed E-state index contributed by atoms with van der Waals surface area (Å²) >= 11 is 0. The molecule has 7 heteroatoms. The van der Waals surface area contributed by atoms with Gasteiger partial charge in [0.2, 0.25) is 5.88 Å². The van der Waals surface area contributed by atoms with Crippen molar-refractivity contribution >= 4 is 11.7 Å². The third-order valence-electron chi connectivity index (χ3n) is 4.43. The Balaban J connectivity index is 1.63. The number of ether oxygens (including phenoxy) is 2. The standard InChI is InChI=1S/C19H24N4O3/c1-25-16-7-2-3-8-17(16)26-18-10-9-14(13-21-18)22-19(24)23-11-5-4-6-15(23)12-20/h2-3,7-10,13,15H,4-6,11-12,20H2,1H3,(H,22,24)/t15-/m0/s1. The fourth-order valence-electron chi connectivity index (χ4n) is 3.04. The summed E-state index contributed by atoms with van der Waals surface area (Å²) in [7, 11) is 1.59. The molecule has 1 aliphatic heterocycles. The number of benzene rings is 1. The lowest BCUT2D eigenvalue weighted by atomic mass is 10.0. The molecule has 0 spiro atoms. The average molecular weight is 356 g/mol. The number of methoxy groups -OCH3 is 1. The van der Waals surface area contributed by atoms with Crippen LogP contribution < -0.4 is 20.5 Å². The molecule has 3 rings (SSSR count). The van der Waals surface area contributed by atoms with Gasteiger partial charge in [-0.15, -0.1) is 0 Å². The van der Waals surface area contributed by atoms with Gasteiger partial charge in [-0.25, -0.2) is 9.78 Å². The number of urea groups is 1. The van der Waals surface area contributed by atoms with Crippen molar-refractivity contribution in [3.8, 4) is 17.4 Å². The lowest BCUT2D eigenvalue weighted by Gasteiger charge is -2.34. The minimum absolute atomic E-state index is 0.102.